The smallest absolute Gasteiger partial charge is 0.360 e. The highest BCUT2D eigenvalue weighted by molar-refractivity contribution is 5.81. The Morgan fingerprint density at radius 2 is 1.84 bits per heavy atom. The number of allylic oxidation sites excluding steroid dienone is 2. The lowest BCUT2D eigenvalue weighted by Gasteiger charge is -2.30. The first kappa shape index (κ1) is 21.6. The van der Waals surface area contributed by atoms with Crippen molar-refractivity contribution in [1.29, 1.82) is 0 Å². The molecular formula is C20H36N3O2+. The summed E-state index contributed by atoms with van der Waals surface area (Å²) in [6, 6.07) is 0. The van der Waals surface area contributed by atoms with Crippen LogP contribution in [0.25, 0.3) is 0 Å². The van der Waals surface area contributed by atoms with Gasteiger partial charge in [-0.25, -0.2) is 14.3 Å². The van der Waals surface area contributed by atoms with E-state index in [1.165, 1.54) is 51.4 Å². The fourth-order valence-electron chi connectivity index (χ4n) is 3.27. The van der Waals surface area contributed by atoms with Gasteiger partial charge in [-0.2, -0.15) is 0 Å². The molecule has 0 bridgehead atoms. The molecule has 0 aromatic heterocycles. The highest BCUT2D eigenvalue weighted by Gasteiger charge is 2.36. The number of carboxylic acid groups (broad SMARTS) is 1. The van der Waals surface area contributed by atoms with Crippen molar-refractivity contribution >= 4 is 11.8 Å². The summed E-state index contributed by atoms with van der Waals surface area (Å²) in [5, 5.41) is 9.19. The van der Waals surface area contributed by atoms with Crippen molar-refractivity contribution in [3.05, 3.63) is 24.6 Å². The number of carboxylic acids is 1. The van der Waals surface area contributed by atoms with E-state index in [0.29, 0.717) is 17.6 Å². The number of rotatable bonds is 15. The minimum absolute atomic E-state index is 0.0386. The van der Waals surface area contributed by atoms with E-state index < -0.39 is 5.97 Å². The van der Waals surface area contributed by atoms with Crippen molar-refractivity contribution in [2.24, 2.45) is 10.7 Å². The van der Waals surface area contributed by atoms with Crippen molar-refractivity contribution in [1.82, 2.24) is 0 Å². The Morgan fingerprint density at radius 3 is 2.52 bits per heavy atom. The number of hydrogen-bond donors (Lipinski definition) is 2. The molecular weight excluding hydrogens is 314 g/mol. The summed E-state index contributed by atoms with van der Waals surface area (Å²) in [4.78, 5) is 15.6. The molecule has 3 N–H and O–H groups in total. The van der Waals surface area contributed by atoms with E-state index in [9.17, 15) is 9.90 Å². The quantitative estimate of drug-likeness (QED) is 0.264. The van der Waals surface area contributed by atoms with E-state index in [-0.39, 0.29) is 6.54 Å². The van der Waals surface area contributed by atoms with Gasteiger partial charge in [0.25, 0.3) is 0 Å². The number of quaternary nitrogens is 1. The molecule has 1 aliphatic heterocycles. The van der Waals surface area contributed by atoms with Crippen molar-refractivity contribution in [2.45, 2.75) is 71.1 Å². The Hall–Kier alpha value is -1.46. The Morgan fingerprint density at radius 1 is 1.16 bits per heavy atom. The Kier molecular flexibility index (Phi) is 11.1. The zero-order chi connectivity index (χ0) is 18.4. The number of amidine groups is 1. The number of nitrogens with zero attached hydrogens (tertiary/aromatic N) is 2. The maximum absolute atomic E-state index is 11.2. The van der Waals surface area contributed by atoms with Gasteiger partial charge in [-0.05, 0) is 25.7 Å². The Labute approximate surface area is 152 Å². The molecule has 0 spiro atoms. The van der Waals surface area contributed by atoms with Crippen LogP contribution in [0.5, 0.6) is 0 Å². The van der Waals surface area contributed by atoms with Crippen LogP contribution in [0, 0.1) is 0 Å². The molecule has 1 atom stereocenters. The number of nitrogens with two attached hydrogens (primary N) is 1. The normalized spacial score (nSPS) is 19.7. The second-order valence-electron chi connectivity index (χ2n) is 6.86. The van der Waals surface area contributed by atoms with Crippen LogP contribution in [0.3, 0.4) is 0 Å². The van der Waals surface area contributed by atoms with Gasteiger partial charge in [0.2, 0.25) is 5.84 Å². The van der Waals surface area contributed by atoms with Gasteiger partial charge < -0.3 is 10.8 Å². The number of hydrogen-bond acceptors (Lipinski definition) is 3. The van der Waals surface area contributed by atoms with Crippen LogP contribution in [-0.2, 0) is 4.79 Å². The first-order valence-electron chi connectivity index (χ1n) is 9.83. The van der Waals surface area contributed by atoms with Gasteiger partial charge >= 0.3 is 5.97 Å². The summed E-state index contributed by atoms with van der Waals surface area (Å²) < 4.78 is 0.300. The molecule has 1 aliphatic rings. The number of aliphatic carboxylic acids is 1. The van der Waals surface area contributed by atoms with Crippen LogP contribution in [0.15, 0.2) is 29.5 Å². The second-order valence-corrected chi connectivity index (χ2v) is 6.86. The van der Waals surface area contributed by atoms with E-state index in [4.69, 9.17) is 5.73 Å². The highest BCUT2D eigenvalue weighted by Crippen LogP contribution is 2.21. The van der Waals surface area contributed by atoms with Crippen LogP contribution in [0.4, 0.5) is 0 Å². The molecule has 0 aromatic rings. The standard InChI is InChI=1S/C20H35N3O2/c1-2-3-4-5-6-7-8-9-10-11-12-13-19-22-15-17-23(19,16-14-21)18-20(24)25/h5-6,15,17H,2-4,7-14,16,18,21H2,1H3/p+1/b6-5+. The lowest BCUT2D eigenvalue weighted by Crippen LogP contribution is -2.52. The third-order valence-electron chi connectivity index (χ3n) is 4.70. The third-order valence-corrected chi connectivity index (χ3v) is 4.70. The van der Waals surface area contributed by atoms with Crippen molar-refractivity contribution in [3.63, 3.8) is 0 Å². The molecule has 0 aliphatic carbocycles. The maximum Gasteiger partial charge on any atom is 0.360 e. The average molecular weight is 351 g/mol. The van der Waals surface area contributed by atoms with Gasteiger partial charge in [0.1, 0.15) is 12.7 Å². The molecule has 1 heterocycles. The monoisotopic (exact) mass is 350 g/mol. The van der Waals surface area contributed by atoms with Gasteiger partial charge in [-0.1, -0.05) is 51.2 Å². The number of aliphatic imine (C=N–C) groups is 1. The summed E-state index contributed by atoms with van der Waals surface area (Å²) in [6.45, 7) is 3.33. The Bertz CT molecular complexity index is 472. The average Bonchev–Trinajstić information content (AvgIpc) is 2.94. The molecule has 1 unspecified atom stereocenters. The molecule has 0 amide bonds. The molecule has 5 heteroatoms. The summed E-state index contributed by atoms with van der Waals surface area (Å²) in [5.41, 5.74) is 5.69. The Balaban J connectivity index is 2.18. The predicted octanol–water partition coefficient (Wildman–Crippen LogP) is 4.21. The fourth-order valence-corrected chi connectivity index (χ4v) is 3.27. The first-order valence-corrected chi connectivity index (χ1v) is 9.83. The summed E-state index contributed by atoms with van der Waals surface area (Å²) >= 11 is 0. The van der Waals surface area contributed by atoms with Crippen LogP contribution in [0.1, 0.15) is 71.1 Å². The van der Waals surface area contributed by atoms with Crippen LogP contribution in [-0.4, -0.2) is 41.0 Å². The largest absolute Gasteiger partial charge is 0.477 e. The fraction of sp³-hybridized carbons (Fsp3) is 0.700. The van der Waals surface area contributed by atoms with E-state index in [0.717, 1.165) is 18.7 Å². The minimum atomic E-state index is -0.806. The molecule has 0 saturated heterocycles. The zero-order valence-corrected chi connectivity index (χ0v) is 15.8. The summed E-state index contributed by atoms with van der Waals surface area (Å²) in [6.07, 6.45) is 20.1. The lowest BCUT2D eigenvalue weighted by molar-refractivity contribution is -0.778. The topological polar surface area (TPSA) is 75.7 Å². The SMILES string of the molecule is CCCC/C=C/CCCCCCCC1=NC=C[N+]1(CCN)CC(=O)O. The molecule has 0 aromatic carbocycles. The molecule has 142 valence electrons. The predicted molar refractivity (Wildman–Crippen MR) is 104 cm³/mol. The van der Waals surface area contributed by atoms with Crippen molar-refractivity contribution < 1.29 is 14.4 Å². The van der Waals surface area contributed by atoms with Crippen LogP contribution >= 0.6 is 0 Å². The van der Waals surface area contributed by atoms with Crippen molar-refractivity contribution in [2.75, 3.05) is 19.6 Å². The van der Waals surface area contributed by atoms with E-state index in [1.807, 2.05) is 6.20 Å². The lowest BCUT2D eigenvalue weighted by atomic mass is 10.1. The zero-order valence-electron chi connectivity index (χ0n) is 15.8. The molecule has 5 nitrogen and oxygen atoms in total. The molecule has 0 radical (unpaired) electrons. The van der Waals surface area contributed by atoms with Crippen LogP contribution in [0.2, 0.25) is 0 Å². The first-order chi connectivity index (χ1) is 12.1. The number of unbranched alkanes of at least 4 members (excludes halogenated alkanes) is 7. The van der Waals surface area contributed by atoms with Gasteiger partial charge in [0.15, 0.2) is 6.54 Å². The minimum Gasteiger partial charge on any atom is -0.477 e. The highest BCUT2D eigenvalue weighted by atomic mass is 16.4. The van der Waals surface area contributed by atoms with E-state index >= 15 is 0 Å². The van der Waals surface area contributed by atoms with Gasteiger partial charge in [-0.15, -0.1) is 0 Å². The maximum atomic E-state index is 11.2. The van der Waals surface area contributed by atoms with Gasteiger partial charge in [-0.3, -0.25) is 0 Å². The summed E-state index contributed by atoms with van der Waals surface area (Å²) in [5.74, 6) is 0.145. The van der Waals surface area contributed by atoms with Crippen LogP contribution < -0.4 is 5.73 Å². The second kappa shape index (κ2) is 12.8. The van der Waals surface area contributed by atoms with E-state index in [1.54, 1.807) is 6.20 Å². The van der Waals surface area contributed by atoms with Gasteiger partial charge in [0.05, 0.1) is 6.20 Å². The third kappa shape index (κ3) is 8.45. The van der Waals surface area contributed by atoms with Gasteiger partial charge in [0, 0.05) is 13.0 Å². The molecule has 25 heavy (non-hydrogen) atoms. The molecule has 0 fully saturated rings. The summed E-state index contributed by atoms with van der Waals surface area (Å²) in [7, 11) is 0. The molecule has 0 saturated carbocycles. The van der Waals surface area contributed by atoms with Crippen molar-refractivity contribution in [3.8, 4) is 0 Å². The number of carbonyl (C=O) groups is 1. The molecule has 1 rings (SSSR count). The van der Waals surface area contributed by atoms with E-state index in [2.05, 4.69) is 24.1 Å².